The second-order valence-electron chi connectivity index (χ2n) is 7.03. The van der Waals surface area contributed by atoms with E-state index in [2.05, 4.69) is 20.7 Å². The molecule has 3 heterocycles. The van der Waals surface area contributed by atoms with Gasteiger partial charge in [0.1, 0.15) is 11.5 Å². The second-order valence-corrected chi connectivity index (χ2v) is 9.06. The van der Waals surface area contributed by atoms with Gasteiger partial charge in [0.05, 0.1) is 17.1 Å². The molecule has 0 aliphatic rings. The lowest BCUT2D eigenvalue weighted by Gasteiger charge is -2.11. The van der Waals surface area contributed by atoms with Crippen LogP contribution >= 0.6 is 22.7 Å². The Kier molecular flexibility index (Phi) is 6.43. The number of hydrogen-bond acceptors (Lipinski definition) is 7. The molecule has 3 aromatic heterocycles. The molecule has 0 unspecified atom stereocenters. The molecule has 2 N–H and O–H groups in total. The highest BCUT2D eigenvalue weighted by Gasteiger charge is 2.18. The van der Waals surface area contributed by atoms with E-state index in [0.29, 0.717) is 23.1 Å². The quantitative estimate of drug-likeness (QED) is 0.435. The van der Waals surface area contributed by atoms with Crippen molar-refractivity contribution in [2.45, 2.75) is 20.4 Å². The maximum atomic E-state index is 14.2. The molecule has 0 atom stereocenters. The van der Waals surface area contributed by atoms with Crippen molar-refractivity contribution in [1.29, 1.82) is 0 Å². The number of amides is 2. The molecule has 168 valence electrons. The molecular weight excluding hydrogens is 465 g/mol. The number of hydrogen-bond donors (Lipinski definition) is 2. The van der Waals surface area contributed by atoms with Crippen LogP contribution in [0.5, 0.6) is 0 Å². The van der Waals surface area contributed by atoms with Crippen molar-refractivity contribution >= 4 is 39.6 Å². The Morgan fingerprint density at radius 3 is 2.73 bits per heavy atom. The number of nitrogens with zero attached hydrogens (tertiary/aromatic N) is 3. The number of thiophene rings is 1. The first-order valence-corrected chi connectivity index (χ1v) is 11.5. The minimum atomic E-state index is -0.733. The first kappa shape index (κ1) is 22.5. The topological polar surface area (TPSA) is 106 Å². The van der Waals surface area contributed by atoms with Crippen molar-refractivity contribution in [2.75, 3.05) is 5.32 Å². The van der Waals surface area contributed by atoms with Gasteiger partial charge in [-0.25, -0.2) is 14.1 Å². The standard InChI is InChI=1S/C22H18FN5O3S2/c1-12-9-18(30)20(27-28(12)17-6-4-3-5-15(17)23)21(31)26-22-25-16(11-32-22)19-8-7-14(33-19)10-24-13(2)29/h3-9,11H,10H2,1-2H3,(H,24,29)(H,25,26,31). The molecule has 0 fully saturated rings. The highest BCUT2D eigenvalue weighted by atomic mass is 32.1. The lowest BCUT2D eigenvalue weighted by molar-refractivity contribution is -0.119. The van der Waals surface area contributed by atoms with Crippen LogP contribution in [0.2, 0.25) is 0 Å². The second kappa shape index (κ2) is 9.43. The molecule has 4 aromatic rings. The molecule has 0 aliphatic carbocycles. The number of anilines is 1. The number of benzene rings is 1. The van der Waals surface area contributed by atoms with Crippen molar-refractivity contribution < 1.29 is 14.0 Å². The van der Waals surface area contributed by atoms with E-state index >= 15 is 0 Å². The van der Waals surface area contributed by atoms with Gasteiger partial charge in [0.2, 0.25) is 11.3 Å². The smallest absolute Gasteiger partial charge is 0.281 e. The van der Waals surface area contributed by atoms with Gasteiger partial charge >= 0.3 is 0 Å². The van der Waals surface area contributed by atoms with Crippen LogP contribution in [-0.2, 0) is 11.3 Å². The molecule has 33 heavy (non-hydrogen) atoms. The van der Waals surface area contributed by atoms with Crippen LogP contribution in [-0.4, -0.2) is 26.6 Å². The van der Waals surface area contributed by atoms with Gasteiger partial charge in [0.15, 0.2) is 10.8 Å². The van der Waals surface area contributed by atoms with Gasteiger partial charge < -0.3 is 5.32 Å². The monoisotopic (exact) mass is 483 g/mol. The summed E-state index contributed by atoms with van der Waals surface area (Å²) in [5.41, 5.74) is 0.249. The SMILES string of the molecule is CC(=O)NCc1ccc(-c2csc(NC(=O)c3nn(-c4ccccc4F)c(C)cc3=O)n2)s1. The number of nitrogens with one attached hydrogen (secondary N) is 2. The molecule has 2 amide bonds. The molecule has 0 radical (unpaired) electrons. The summed E-state index contributed by atoms with van der Waals surface area (Å²) in [6.07, 6.45) is 0. The van der Waals surface area contributed by atoms with E-state index in [1.807, 2.05) is 12.1 Å². The molecule has 8 nitrogen and oxygen atoms in total. The van der Waals surface area contributed by atoms with E-state index in [1.54, 1.807) is 24.4 Å². The van der Waals surface area contributed by atoms with E-state index in [9.17, 15) is 18.8 Å². The van der Waals surface area contributed by atoms with Crippen molar-refractivity contribution in [3.63, 3.8) is 0 Å². The average Bonchev–Trinajstić information content (AvgIpc) is 3.42. The zero-order valence-corrected chi connectivity index (χ0v) is 19.2. The van der Waals surface area contributed by atoms with Crippen molar-refractivity contribution in [3.05, 3.63) is 80.2 Å². The predicted molar refractivity (Wildman–Crippen MR) is 125 cm³/mol. The van der Waals surface area contributed by atoms with E-state index in [-0.39, 0.29) is 17.3 Å². The lowest BCUT2D eigenvalue weighted by Crippen LogP contribution is -2.27. The van der Waals surface area contributed by atoms with E-state index in [0.717, 1.165) is 9.75 Å². The summed E-state index contributed by atoms with van der Waals surface area (Å²) in [6.45, 7) is 3.50. The highest BCUT2D eigenvalue weighted by Crippen LogP contribution is 2.31. The van der Waals surface area contributed by atoms with Crippen LogP contribution in [0, 0.1) is 12.7 Å². The molecule has 0 saturated heterocycles. The minimum absolute atomic E-state index is 0.109. The van der Waals surface area contributed by atoms with E-state index < -0.39 is 17.2 Å². The van der Waals surface area contributed by atoms with Crippen molar-refractivity contribution in [1.82, 2.24) is 20.1 Å². The summed E-state index contributed by atoms with van der Waals surface area (Å²) in [6, 6.07) is 11.0. The fourth-order valence-electron chi connectivity index (χ4n) is 2.99. The third-order valence-corrected chi connectivity index (χ3v) is 6.42. The first-order valence-electron chi connectivity index (χ1n) is 9.78. The summed E-state index contributed by atoms with van der Waals surface area (Å²) in [5.74, 6) is -1.37. The Hall–Kier alpha value is -3.70. The maximum absolute atomic E-state index is 14.2. The number of thiazole rings is 1. The summed E-state index contributed by atoms with van der Waals surface area (Å²) in [7, 11) is 0. The van der Waals surface area contributed by atoms with Gasteiger partial charge in [-0.15, -0.1) is 22.7 Å². The minimum Gasteiger partial charge on any atom is -0.351 e. The molecule has 0 bridgehead atoms. The Bertz CT molecular complexity index is 1410. The molecule has 11 heteroatoms. The van der Waals surface area contributed by atoms with Crippen LogP contribution in [0.25, 0.3) is 16.3 Å². The third-order valence-electron chi connectivity index (χ3n) is 4.55. The number of aryl methyl sites for hydroxylation is 1. The van der Waals surface area contributed by atoms with E-state index in [4.69, 9.17) is 0 Å². The summed E-state index contributed by atoms with van der Waals surface area (Å²) in [4.78, 5) is 42.5. The third kappa shape index (κ3) is 5.04. The highest BCUT2D eigenvalue weighted by molar-refractivity contribution is 7.17. The number of carbonyl (C=O) groups is 2. The normalized spacial score (nSPS) is 10.8. The van der Waals surface area contributed by atoms with Gasteiger partial charge in [-0.1, -0.05) is 12.1 Å². The van der Waals surface area contributed by atoms with Crippen molar-refractivity contribution in [3.8, 4) is 16.3 Å². The largest absolute Gasteiger partial charge is 0.351 e. The van der Waals surface area contributed by atoms with Gasteiger partial charge in [-0.2, -0.15) is 5.10 Å². The van der Waals surface area contributed by atoms with Crippen LogP contribution in [0.15, 0.2) is 52.6 Å². The average molecular weight is 484 g/mol. The van der Waals surface area contributed by atoms with Gasteiger partial charge in [0, 0.05) is 28.9 Å². The summed E-state index contributed by atoms with van der Waals surface area (Å²) >= 11 is 2.68. The molecule has 4 rings (SSSR count). The van der Waals surface area contributed by atoms with Crippen LogP contribution in [0.1, 0.15) is 28.0 Å². The Labute approximate surface area is 195 Å². The zero-order valence-electron chi connectivity index (χ0n) is 17.6. The van der Waals surface area contributed by atoms with Crippen LogP contribution in [0.4, 0.5) is 9.52 Å². The van der Waals surface area contributed by atoms with Crippen molar-refractivity contribution in [2.24, 2.45) is 0 Å². The van der Waals surface area contributed by atoms with Crippen LogP contribution in [0.3, 0.4) is 0 Å². The fourth-order valence-corrected chi connectivity index (χ4v) is 4.68. The van der Waals surface area contributed by atoms with Gasteiger partial charge in [-0.3, -0.25) is 19.7 Å². The molecule has 0 aliphatic heterocycles. The maximum Gasteiger partial charge on any atom is 0.281 e. The van der Waals surface area contributed by atoms with Crippen LogP contribution < -0.4 is 16.1 Å². The molecular formula is C22H18FN5O3S2. The number of carbonyl (C=O) groups excluding carboxylic acids is 2. The fraction of sp³-hybridized carbons (Fsp3) is 0.136. The Morgan fingerprint density at radius 1 is 1.18 bits per heavy atom. The number of halogens is 1. The van der Waals surface area contributed by atoms with Gasteiger partial charge in [-0.05, 0) is 31.2 Å². The number of para-hydroxylation sites is 1. The summed E-state index contributed by atoms with van der Waals surface area (Å²) < 4.78 is 15.4. The zero-order chi connectivity index (χ0) is 23.5. The molecule has 0 saturated carbocycles. The lowest BCUT2D eigenvalue weighted by atomic mass is 10.2. The number of aromatic nitrogens is 3. The van der Waals surface area contributed by atoms with Gasteiger partial charge in [0.25, 0.3) is 5.91 Å². The number of rotatable bonds is 6. The molecule has 1 aromatic carbocycles. The summed E-state index contributed by atoms with van der Waals surface area (Å²) in [5, 5.41) is 11.5. The first-order chi connectivity index (χ1) is 15.8. The Morgan fingerprint density at radius 2 is 1.97 bits per heavy atom. The predicted octanol–water partition coefficient (Wildman–Crippen LogP) is 3.75. The van der Waals surface area contributed by atoms with E-state index in [1.165, 1.54) is 52.5 Å². The Balaban J connectivity index is 1.54. The molecule has 0 spiro atoms.